The lowest BCUT2D eigenvalue weighted by Gasteiger charge is -2.24. The molecule has 0 saturated heterocycles. The van der Waals surface area contributed by atoms with Gasteiger partial charge in [-0.15, -0.1) is 0 Å². The van der Waals surface area contributed by atoms with Gasteiger partial charge in [0.25, 0.3) is 0 Å². The smallest absolute Gasteiger partial charge is 0.192 e. The summed E-state index contributed by atoms with van der Waals surface area (Å²) in [5.41, 5.74) is 2.53. The Morgan fingerprint density at radius 2 is 0.833 bits per heavy atom. The summed E-state index contributed by atoms with van der Waals surface area (Å²) in [5, 5.41) is 6.32. The lowest BCUT2D eigenvalue weighted by atomic mass is 10.1. The van der Waals surface area contributed by atoms with Gasteiger partial charge < -0.3 is 0 Å². The summed E-state index contributed by atoms with van der Waals surface area (Å²) < 4.78 is 12.4. The van der Waals surface area contributed by atoms with Crippen molar-refractivity contribution in [2.75, 3.05) is 0 Å². The monoisotopic (exact) mass is 520 g/mol. The Hall–Kier alpha value is -2.94. The van der Waals surface area contributed by atoms with E-state index in [1.165, 1.54) is 32.3 Å². The van der Waals surface area contributed by atoms with E-state index in [0.29, 0.717) is 0 Å². The van der Waals surface area contributed by atoms with Gasteiger partial charge in [-0.2, -0.15) is 0 Å². The molecule has 0 saturated carbocycles. The molecule has 5 rings (SSSR count). The van der Waals surface area contributed by atoms with Crippen molar-refractivity contribution in [2.24, 2.45) is 0 Å². The van der Waals surface area contributed by atoms with Crippen LogP contribution in [0.15, 0.2) is 140 Å². The third kappa shape index (κ3) is 5.88. The summed E-state index contributed by atoms with van der Waals surface area (Å²) in [5.74, 6) is 0. The first-order chi connectivity index (χ1) is 17.8. The number of benzene rings is 5. The molecule has 176 valence electrons. The zero-order valence-electron chi connectivity index (χ0n) is 19.9. The fourth-order valence-electron chi connectivity index (χ4n) is 4.46. The molecule has 0 heterocycles. The van der Waals surface area contributed by atoms with E-state index >= 15 is 0 Å². The molecule has 1 nitrogen and oxygen atoms in total. The van der Waals surface area contributed by atoms with E-state index in [2.05, 4.69) is 133 Å². The third-order valence-corrected chi connectivity index (χ3v) is 11.9. The first-order valence-electron chi connectivity index (χ1n) is 12.0. The summed E-state index contributed by atoms with van der Waals surface area (Å²) in [6, 6.07) is 49.6. The van der Waals surface area contributed by atoms with Crippen LogP contribution in [-0.2, 0) is 16.9 Å². The minimum atomic E-state index is -0.635. The highest BCUT2D eigenvalue weighted by Crippen LogP contribution is 2.43. The molecule has 0 aliphatic carbocycles. The quantitative estimate of drug-likeness (QED) is 0.194. The summed E-state index contributed by atoms with van der Waals surface area (Å²) in [4.78, 5) is 0. The van der Waals surface area contributed by atoms with Crippen LogP contribution in [0.3, 0.4) is 0 Å². The number of hydrogen-bond donors (Lipinski definition) is 0. The fourth-order valence-corrected chi connectivity index (χ4v) is 9.85. The maximum Gasteiger partial charge on any atom is 0.192 e. The van der Waals surface area contributed by atoms with Crippen LogP contribution in [0.1, 0.15) is 11.1 Å². The molecule has 5 aromatic rings. The molecule has 0 radical (unpaired) electrons. The second kappa shape index (κ2) is 12.3. The van der Waals surface area contributed by atoms with E-state index in [1.54, 1.807) is 0 Å². The molecule has 0 aromatic heterocycles. The number of hydrogen-bond acceptors (Lipinski definition) is 1. The Morgan fingerprint density at radius 1 is 0.444 bits per heavy atom. The first-order valence-corrected chi connectivity index (χ1v) is 15.9. The van der Waals surface area contributed by atoms with Crippen molar-refractivity contribution in [2.45, 2.75) is 12.3 Å². The summed E-state index contributed by atoms with van der Waals surface area (Å²) in [7, 11) is -1.14. The molecule has 0 unspecified atom stereocenters. The van der Waals surface area contributed by atoms with Gasteiger partial charge in [-0.1, -0.05) is 133 Å². The minimum absolute atomic E-state index is 0.0828. The Kier molecular flexibility index (Phi) is 8.48. The largest absolute Gasteiger partial charge is 0.269 e. The van der Waals surface area contributed by atoms with Gasteiger partial charge in [0.05, 0.1) is 0 Å². The van der Waals surface area contributed by atoms with Crippen LogP contribution < -0.4 is 26.5 Å². The van der Waals surface area contributed by atoms with E-state index in [-0.39, 0.29) is 8.46 Å². The zero-order valence-corrected chi connectivity index (χ0v) is 22.6. The molecule has 0 aliphatic heterocycles. The molecule has 0 fully saturated rings. The molecule has 0 amide bonds. The molecule has 0 aliphatic rings. The van der Waals surface area contributed by atoms with Crippen molar-refractivity contribution < 1.29 is 4.57 Å². The average Bonchev–Trinajstić information content (AvgIpc) is 2.96. The topological polar surface area (TPSA) is 17.1 Å². The van der Waals surface area contributed by atoms with Gasteiger partial charge in [-0.05, 0) is 54.3 Å². The highest BCUT2D eigenvalue weighted by molar-refractivity contribution is 7.72. The lowest BCUT2D eigenvalue weighted by Crippen LogP contribution is -2.18. The van der Waals surface area contributed by atoms with Crippen LogP contribution in [0.5, 0.6) is 0 Å². The van der Waals surface area contributed by atoms with Gasteiger partial charge >= 0.3 is 0 Å². The van der Waals surface area contributed by atoms with Gasteiger partial charge in [0.1, 0.15) is 0 Å². The molecule has 0 bridgehead atoms. The predicted octanol–water partition coefficient (Wildman–Crippen LogP) is 6.87. The van der Waals surface area contributed by atoms with Crippen molar-refractivity contribution >= 4 is 50.8 Å². The summed E-state index contributed by atoms with van der Waals surface area (Å²) in [6.45, 7) is 0. The Balaban J connectivity index is 1.58. The Bertz CT molecular complexity index is 1310. The SMILES string of the molecule is O=Pc1cccc(CP(c2ccccc2)c2ccccc2)c1CP(c1ccccc1)c1ccccc1. The highest BCUT2D eigenvalue weighted by Gasteiger charge is 2.22. The van der Waals surface area contributed by atoms with Crippen LogP contribution in [0.4, 0.5) is 0 Å². The van der Waals surface area contributed by atoms with Crippen molar-refractivity contribution in [1.82, 2.24) is 0 Å². The van der Waals surface area contributed by atoms with E-state index in [9.17, 15) is 4.57 Å². The first kappa shape index (κ1) is 24.7. The second-order valence-electron chi connectivity index (χ2n) is 8.52. The predicted molar refractivity (Wildman–Crippen MR) is 159 cm³/mol. The Labute approximate surface area is 218 Å². The van der Waals surface area contributed by atoms with Crippen molar-refractivity contribution in [3.63, 3.8) is 0 Å². The van der Waals surface area contributed by atoms with Gasteiger partial charge in [0, 0.05) is 17.6 Å². The standard InChI is InChI=1S/C32H27OP3/c33-34-32-23-13-14-26(24-35(27-15-5-1-6-16-27)28-17-7-2-8-18-28)31(32)25-36(29-19-9-3-10-20-29)30-21-11-4-12-22-30/h1-23H,24-25H2. The highest BCUT2D eigenvalue weighted by atomic mass is 31.1. The van der Waals surface area contributed by atoms with E-state index in [4.69, 9.17) is 0 Å². The van der Waals surface area contributed by atoms with Crippen LogP contribution in [0.25, 0.3) is 0 Å². The molecule has 36 heavy (non-hydrogen) atoms. The van der Waals surface area contributed by atoms with Gasteiger partial charge in [-0.3, -0.25) is 4.57 Å². The van der Waals surface area contributed by atoms with Crippen molar-refractivity contribution in [3.05, 3.63) is 151 Å². The van der Waals surface area contributed by atoms with Crippen LogP contribution >= 0.6 is 24.3 Å². The number of rotatable bonds is 9. The van der Waals surface area contributed by atoms with Crippen molar-refractivity contribution in [1.29, 1.82) is 0 Å². The van der Waals surface area contributed by atoms with Gasteiger partial charge in [-0.25, -0.2) is 0 Å². The van der Waals surface area contributed by atoms with Crippen LogP contribution in [0.2, 0.25) is 0 Å². The average molecular weight is 520 g/mol. The molecular formula is C32H27OP3. The van der Waals surface area contributed by atoms with E-state index in [1.807, 2.05) is 6.07 Å². The van der Waals surface area contributed by atoms with E-state index in [0.717, 1.165) is 17.6 Å². The molecular weight excluding hydrogens is 493 g/mol. The maximum atomic E-state index is 12.4. The normalized spacial score (nSPS) is 11.3. The van der Waals surface area contributed by atoms with Crippen LogP contribution in [0, 0.1) is 0 Å². The zero-order chi connectivity index (χ0) is 24.6. The molecule has 5 aromatic carbocycles. The molecule has 0 N–H and O–H groups in total. The van der Waals surface area contributed by atoms with E-state index < -0.39 is 15.8 Å². The summed E-state index contributed by atoms with van der Waals surface area (Å²) >= 11 is 0. The fraction of sp³-hybridized carbons (Fsp3) is 0.0625. The minimum Gasteiger partial charge on any atom is -0.269 e. The van der Waals surface area contributed by atoms with Gasteiger partial charge in [0.15, 0.2) is 8.46 Å². The van der Waals surface area contributed by atoms with Gasteiger partial charge in [0.2, 0.25) is 0 Å². The lowest BCUT2D eigenvalue weighted by molar-refractivity contribution is 0.603. The second-order valence-corrected chi connectivity index (χ2v) is 13.6. The third-order valence-electron chi connectivity index (χ3n) is 6.26. The van der Waals surface area contributed by atoms with Crippen LogP contribution in [-0.4, -0.2) is 0 Å². The van der Waals surface area contributed by atoms with Crippen molar-refractivity contribution in [3.8, 4) is 0 Å². The Morgan fingerprint density at radius 3 is 1.22 bits per heavy atom. The molecule has 4 heteroatoms. The summed E-state index contributed by atoms with van der Waals surface area (Å²) in [6.07, 6.45) is 1.80. The molecule has 0 spiro atoms. The maximum absolute atomic E-state index is 12.4. The molecule has 0 atom stereocenters.